The maximum atomic E-state index is 12.5. The number of halogens is 3. The number of piperidine rings is 1. The first-order valence-electron chi connectivity index (χ1n) is 8.92. The molecule has 2 aliphatic carbocycles. The van der Waals surface area contributed by atoms with Gasteiger partial charge in [-0.05, 0) is 68.5 Å². The molecule has 1 aromatic rings. The summed E-state index contributed by atoms with van der Waals surface area (Å²) in [5.74, 6) is 0.998. The summed E-state index contributed by atoms with van der Waals surface area (Å²) >= 11 is 0. The highest BCUT2D eigenvalue weighted by atomic mass is 19.4. The molecule has 1 saturated carbocycles. The minimum absolute atomic E-state index is 0.153. The zero-order chi connectivity index (χ0) is 16.9. The van der Waals surface area contributed by atoms with E-state index in [4.69, 9.17) is 4.74 Å². The van der Waals surface area contributed by atoms with Crippen molar-refractivity contribution in [2.24, 2.45) is 5.92 Å². The van der Waals surface area contributed by atoms with Crippen LogP contribution in [0, 0.1) is 5.92 Å². The minimum atomic E-state index is -4.29. The third-order valence-corrected chi connectivity index (χ3v) is 6.49. The molecule has 1 aromatic carbocycles. The van der Waals surface area contributed by atoms with Crippen LogP contribution in [0.5, 0.6) is 5.75 Å². The van der Waals surface area contributed by atoms with E-state index in [1.165, 1.54) is 30.4 Å². The quantitative estimate of drug-likeness (QED) is 0.796. The topological polar surface area (TPSA) is 12.5 Å². The number of hydrogen-bond donors (Lipinski definition) is 0. The molecule has 2 fully saturated rings. The highest BCUT2D eigenvalue weighted by Gasteiger charge is 2.53. The zero-order valence-corrected chi connectivity index (χ0v) is 14.0. The van der Waals surface area contributed by atoms with Crippen molar-refractivity contribution >= 4 is 0 Å². The van der Waals surface area contributed by atoms with Crippen molar-refractivity contribution < 1.29 is 17.9 Å². The van der Waals surface area contributed by atoms with Gasteiger partial charge in [0.05, 0.1) is 0 Å². The van der Waals surface area contributed by atoms with E-state index in [0.717, 1.165) is 25.8 Å². The van der Waals surface area contributed by atoms with E-state index in [9.17, 15) is 13.2 Å². The highest BCUT2D eigenvalue weighted by Crippen LogP contribution is 2.55. The second-order valence-corrected chi connectivity index (χ2v) is 7.73. The number of alkyl halides is 3. The van der Waals surface area contributed by atoms with Crippen molar-refractivity contribution in [3.63, 3.8) is 0 Å². The zero-order valence-electron chi connectivity index (χ0n) is 14.0. The summed E-state index contributed by atoms with van der Waals surface area (Å²) in [5.41, 5.74) is 2.74. The number of hydrogen-bond acceptors (Lipinski definition) is 2. The fourth-order valence-corrected chi connectivity index (χ4v) is 5.43. The average Bonchev–Trinajstić information content (AvgIpc) is 2.56. The lowest BCUT2D eigenvalue weighted by Crippen LogP contribution is -2.59. The number of benzene rings is 1. The van der Waals surface area contributed by atoms with Gasteiger partial charge < -0.3 is 9.64 Å². The van der Waals surface area contributed by atoms with E-state index < -0.39 is 12.8 Å². The van der Waals surface area contributed by atoms with Crippen LogP contribution in [-0.4, -0.2) is 37.3 Å². The summed E-state index contributed by atoms with van der Waals surface area (Å²) in [6, 6.07) is 6.20. The Bertz CT molecular complexity index is 630. The van der Waals surface area contributed by atoms with Crippen LogP contribution >= 0.6 is 0 Å². The number of likely N-dealkylation sites (tertiary alicyclic amines) is 1. The summed E-state index contributed by atoms with van der Waals surface area (Å²) in [6.45, 7) is -0.137. The Morgan fingerprint density at radius 3 is 2.88 bits per heavy atom. The number of ether oxygens (including phenoxy) is 1. The summed E-state index contributed by atoms with van der Waals surface area (Å²) in [7, 11) is 2.22. The molecule has 0 aromatic heterocycles. The predicted octanol–water partition coefficient (Wildman–Crippen LogP) is 4.32. The van der Waals surface area contributed by atoms with E-state index >= 15 is 0 Å². The summed E-state index contributed by atoms with van der Waals surface area (Å²) in [5, 5.41) is 0. The molecule has 24 heavy (non-hydrogen) atoms. The molecule has 2 bridgehead atoms. The Hall–Kier alpha value is -1.23. The van der Waals surface area contributed by atoms with Gasteiger partial charge in [0, 0.05) is 11.5 Å². The van der Waals surface area contributed by atoms with Crippen molar-refractivity contribution in [1.82, 2.24) is 4.90 Å². The molecule has 4 rings (SSSR count). The predicted molar refractivity (Wildman–Crippen MR) is 86.4 cm³/mol. The van der Waals surface area contributed by atoms with Crippen LogP contribution in [0.15, 0.2) is 18.2 Å². The molecule has 2 nitrogen and oxygen atoms in total. The fourth-order valence-electron chi connectivity index (χ4n) is 5.43. The molecular formula is C19H24F3NO. The third-order valence-electron chi connectivity index (χ3n) is 6.49. The summed E-state index contributed by atoms with van der Waals surface area (Å²) in [6.07, 6.45) is 2.73. The maximum absolute atomic E-state index is 12.5. The lowest BCUT2D eigenvalue weighted by molar-refractivity contribution is -0.153. The number of fused-ring (bicyclic) bond motifs is 1. The van der Waals surface area contributed by atoms with Gasteiger partial charge in [-0.1, -0.05) is 18.9 Å². The molecule has 0 amide bonds. The van der Waals surface area contributed by atoms with Crippen molar-refractivity contribution in [2.45, 2.75) is 56.2 Å². The molecule has 0 unspecified atom stereocenters. The Balaban J connectivity index is 1.70. The average molecular weight is 339 g/mol. The van der Waals surface area contributed by atoms with Crippen molar-refractivity contribution in [3.8, 4) is 5.75 Å². The number of nitrogens with zero attached hydrogens (tertiary/aromatic N) is 1. The van der Waals surface area contributed by atoms with Crippen LogP contribution in [0.25, 0.3) is 0 Å². The fraction of sp³-hybridized carbons (Fsp3) is 0.684. The first-order valence-corrected chi connectivity index (χ1v) is 8.92. The van der Waals surface area contributed by atoms with E-state index in [2.05, 4.69) is 11.9 Å². The second-order valence-electron chi connectivity index (χ2n) is 7.73. The standard InChI is InChI=1S/C19H24F3NO/c1-23-9-8-18-7-3-2-4-15(18)17(23)10-13-5-6-14(11-16(13)18)24-12-19(20,21)22/h5-6,11,15,17H,2-4,7-10,12H2,1H3/t15-,17+,18-/m1/s1. The lowest BCUT2D eigenvalue weighted by Gasteiger charge is -2.58. The first-order chi connectivity index (χ1) is 11.4. The molecule has 0 radical (unpaired) electrons. The van der Waals surface area contributed by atoms with Crippen LogP contribution in [0.3, 0.4) is 0 Å². The Kier molecular flexibility index (Phi) is 3.83. The van der Waals surface area contributed by atoms with Gasteiger partial charge in [0.25, 0.3) is 0 Å². The minimum Gasteiger partial charge on any atom is -0.484 e. The SMILES string of the molecule is CN1CC[C@]23CCCC[C@@H]2[C@@H]1Cc1ccc(OCC(F)(F)F)cc13. The molecule has 3 aliphatic rings. The van der Waals surface area contributed by atoms with Crippen LogP contribution in [-0.2, 0) is 11.8 Å². The normalized spacial score (nSPS) is 32.8. The molecule has 1 saturated heterocycles. The molecule has 3 atom stereocenters. The molecule has 132 valence electrons. The molecule has 0 N–H and O–H groups in total. The van der Waals surface area contributed by atoms with E-state index in [-0.39, 0.29) is 5.41 Å². The third kappa shape index (κ3) is 2.61. The number of likely N-dealkylation sites (N-methyl/N-ethyl adjacent to an activating group) is 1. The largest absolute Gasteiger partial charge is 0.484 e. The lowest BCUT2D eigenvalue weighted by atomic mass is 9.52. The Morgan fingerprint density at radius 2 is 2.08 bits per heavy atom. The van der Waals surface area contributed by atoms with Gasteiger partial charge in [-0.25, -0.2) is 0 Å². The maximum Gasteiger partial charge on any atom is 0.422 e. The molecule has 0 spiro atoms. The van der Waals surface area contributed by atoms with E-state index in [0.29, 0.717) is 17.7 Å². The van der Waals surface area contributed by atoms with Crippen molar-refractivity contribution in [3.05, 3.63) is 29.3 Å². The van der Waals surface area contributed by atoms with Gasteiger partial charge in [-0.2, -0.15) is 13.2 Å². The summed E-state index contributed by atoms with van der Waals surface area (Å²) in [4.78, 5) is 2.49. The van der Waals surface area contributed by atoms with Gasteiger partial charge in [0.2, 0.25) is 0 Å². The highest BCUT2D eigenvalue weighted by molar-refractivity contribution is 5.45. The summed E-state index contributed by atoms with van der Waals surface area (Å²) < 4.78 is 42.4. The molecule has 1 aliphatic heterocycles. The van der Waals surface area contributed by atoms with Crippen molar-refractivity contribution in [1.29, 1.82) is 0 Å². The Labute approximate surface area is 141 Å². The smallest absolute Gasteiger partial charge is 0.422 e. The van der Waals surface area contributed by atoms with Gasteiger partial charge >= 0.3 is 6.18 Å². The first kappa shape index (κ1) is 16.2. The van der Waals surface area contributed by atoms with E-state index in [1.54, 1.807) is 6.07 Å². The van der Waals surface area contributed by atoms with Gasteiger partial charge in [0.15, 0.2) is 6.61 Å². The number of rotatable bonds is 2. The van der Waals surface area contributed by atoms with Crippen LogP contribution in [0.4, 0.5) is 13.2 Å². The van der Waals surface area contributed by atoms with E-state index in [1.807, 2.05) is 12.1 Å². The molecular weight excluding hydrogens is 315 g/mol. The molecule has 5 heteroatoms. The van der Waals surface area contributed by atoms with Crippen LogP contribution in [0.2, 0.25) is 0 Å². The monoisotopic (exact) mass is 339 g/mol. The van der Waals surface area contributed by atoms with Gasteiger partial charge in [-0.3, -0.25) is 0 Å². The van der Waals surface area contributed by atoms with Gasteiger partial charge in [0.1, 0.15) is 5.75 Å². The van der Waals surface area contributed by atoms with Crippen LogP contribution in [0.1, 0.15) is 43.2 Å². The van der Waals surface area contributed by atoms with Crippen molar-refractivity contribution in [2.75, 3.05) is 20.2 Å². The van der Waals surface area contributed by atoms with Crippen LogP contribution < -0.4 is 4.74 Å². The van der Waals surface area contributed by atoms with Gasteiger partial charge in [-0.15, -0.1) is 0 Å². The second kappa shape index (κ2) is 5.65. The Morgan fingerprint density at radius 1 is 1.25 bits per heavy atom. The molecule has 1 heterocycles.